The van der Waals surface area contributed by atoms with Crippen LogP contribution >= 0.6 is 24.0 Å². The molecule has 1 aliphatic heterocycles. The van der Waals surface area contributed by atoms with E-state index in [1.54, 1.807) is 11.8 Å². The van der Waals surface area contributed by atoms with Gasteiger partial charge in [-0.2, -0.15) is 5.10 Å². The first kappa shape index (κ1) is 22.6. The van der Waals surface area contributed by atoms with E-state index in [0.29, 0.717) is 26.3 Å². The smallest absolute Gasteiger partial charge is 0.241 e. The van der Waals surface area contributed by atoms with Crippen LogP contribution in [0.4, 0.5) is 0 Å². The van der Waals surface area contributed by atoms with E-state index in [1.807, 2.05) is 26.4 Å². The minimum atomic E-state index is -0.121. The zero-order chi connectivity index (χ0) is 18.1. The zero-order valence-corrected chi connectivity index (χ0v) is 17.9. The van der Waals surface area contributed by atoms with Crippen molar-refractivity contribution < 1.29 is 14.3 Å². The fourth-order valence-electron chi connectivity index (χ4n) is 2.57. The molecule has 1 amide bonds. The second kappa shape index (κ2) is 12.1. The third-order valence-corrected chi connectivity index (χ3v) is 3.80. The molecule has 10 heteroatoms. The van der Waals surface area contributed by atoms with Gasteiger partial charge in [0.1, 0.15) is 12.6 Å². The van der Waals surface area contributed by atoms with E-state index < -0.39 is 0 Å². The average Bonchev–Trinajstić information content (AvgIpc) is 3.05. The number of nitrogens with one attached hydrogen (secondary N) is 2. The van der Waals surface area contributed by atoms with Crippen LogP contribution in [0.15, 0.2) is 17.4 Å². The summed E-state index contributed by atoms with van der Waals surface area (Å²) in [6, 6.07) is 0. The summed E-state index contributed by atoms with van der Waals surface area (Å²) in [6.07, 6.45) is 3.73. The molecule has 2 N–H and O–H groups in total. The summed E-state index contributed by atoms with van der Waals surface area (Å²) in [5.41, 5.74) is 1.04. The van der Waals surface area contributed by atoms with Crippen LogP contribution in [-0.4, -0.2) is 79.6 Å². The van der Waals surface area contributed by atoms with E-state index in [1.165, 1.54) is 0 Å². The normalized spacial score (nSPS) is 17.6. The van der Waals surface area contributed by atoms with Gasteiger partial charge in [-0.1, -0.05) is 0 Å². The molecule has 2 rings (SSSR count). The molecule has 0 spiro atoms. The third kappa shape index (κ3) is 7.08. The lowest BCUT2D eigenvalue weighted by Crippen LogP contribution is -2.48. The molecule has 1 aromatic rings. The van der Waals surface area contributed by atoms with Gasteiger partial charge in [-0.05, 0) is 6.92 Å². The number of aliphatic imine (C=N–C) groups is 1. The van der Waals surface area contributed by atoms with Gasteiger partial charge >= 0.3 is 0 Å². The van der Waals surface area contributed by atoms with Crippen molar-refractivity contribution in [1.29, 1.82) is 0 Å². The molecule has 2 heterocycles. The summed E-state index contributed by atoms with van der Waals surface area (Å²) in [7, 11) is 3.49. The number of guanidine groups is 1. The van der Waals surface area contributed by atoms with Gasteiger partial charge in [0.2, 0.25) is 5.91 Å². The molecular weight excluding hydrogens is 451 g/mol. The van der Waals surface area contributed by atoms with Gasteiger partial charge < -0.3 is 25.0 Å². The lowest BCUT2D eigenvalue weighted by Gasteiger charge is -2.34. The summed E-state index contributed by atoms with van der Waals surface area (Å²) in [5.74, 6) is 0.603. The molecule has 0 bridgehead atoms. The first-order chi connectivity index (χ1) is 12.1. The number of rotatable bonds is 7. The Morgan fingerprint density at radius 2 is 2.31 bits per heavy atom. The number of aryl methyl sites for hydroxylation is 1. The second-order valence-electron chi connectivity index (χ2n) is 5.77. The Hall–Kier alpha value is -1.40. The number of halogens is 1. The molecule has 148 valence electrons. The van der Waals surface area contributed by atoms with E-state index in [0.717, 1.165) is 24.6 Å². The highest BCUT2D eigenvalue weighted by atomic mass is 127. The first-order valence-electron chi connectivity index (χ1n) is 8.53. The van der Waals surface area contributed by atoms with E-state index in [4.69, 9.17) is 9.47 Å². The fourth-order valence-corrected chi connectivity index (χ4v) is 2.57. The standard InChI is InChI=1S/C16H28N6O3.HI/c1-4-17-16(19-10-15(23)18-5-7-24-3)22-6-8-25-14(12-22)13-9-20-21(2)11-13;/h9,11,14H,4-8,10,12H2,1-3H3,(H,17,19)(H,18,23);1H. The Morgan fingerprint density at radius 1 is 1.50 bits per heavy atom. The molecule has 0 saturated carbocycles. The van der Waals surface area contributed by atoms with Gasteiger partial charge in [-0.3, -0.25) is 9.48 Å². The van der Waals surface area contributed by atoms with Gasteiger partial charge in [0.05, 0.1) is 26.0 Å². The van der Waals surface area contributed by atoms with E-state index in [2.05, 4.69) is 25.6 Å². The number of carbonyl (C=O) groups is 1. The van der Waals surface area contributed by atoms with Crippen LogP contribution in [-0.2, 0) is 21.3 Å². The molecule has 1 aromatic heterocycles. The van der Waals surface area contributed by atoms with Crippen LogP contribution in [0.2, 0.25) is 0 Å². The highest BCUT2D eigenvalue weighted by molar-refractivity contribution is 14.0. The van der Waals surface area contributed by atoms with Gasteiger partial charge in [0.15, 0.2) is 5.96 Å². The largest absolute Gasteiger partial charge is 0.383 e. The van der Waals surface area contributed by atoms with E-state index >= 15 is 0 Å². The van der Waals surface area contributed by atoms with Crippen LogP contribution < -0.4 is 10.6 Å². The highest BCUT2D eigenvalue weighted by Crippen LogP contribution is 2.21. The van der Waals surface area contributed by atoms with Crippen LogP contribution in [0.25, 0.3) is 0 Å². The van der Waals surface area contributed by atoms with E-state index in [9.17, 15) is 4.79 Å². The molecule has 1 aliphatic rings. The molecule has 1 saturated heterocycles. The Labute approximate surface area is 171 Å². The second-order valence-corrected chi connectivity index (χ2v) is 5.77. The number of amides is 1. The van der Waals surface area contributed by atoms with Crippen LogP contribution in [0.5, 0.6) is 0 Å². The van der Waals surface area contributed by atoms with Crippen molar-refractivity contribution in [2.75, 3.05) is 53.0 Å². The number of hydrogen-bond donors (Lipinski definition) is 2. The van der Waals surface area contributed by atoms with Gasteiger partial charge in [0.25, 0.3) is 0 Å². The van der Waals surface area contributed by atoms with Crippen molar-refractivity contribution >= 4 is 35.8 Å². The Morgan fingerprint density at radius 3 is 2.96 bits per heavy atom. The predicted octanol–water partition coefficient (Wildman–Crippen LogP) is 0.140. The monoisotopic (exact) mass is 480 g/mol. The zero-order valence-electron chi connectivity index (χ0n) is 15.6. The molecule has 1 atom stereocenters. The SMILES string of the molecule is CCNC(=NCC(=O)NCCOC)N1CCOC(c2cnn(C)c2)C1.I. The maximum atomic E-state index is 11.8. The maximum Gasteiger partial charge on any atom is 0.241 e. The van der Waals surface area contributed by atoms with Crippen LogP contribution in [0.1, 0.15) is 18.6 Å². The topological polar surface area (TPSA) is 93.0 Å². The molecule has 1 unspecified atom stereocenters. The molecule has 0 aromatic carbocycles. The lowest BCUT2D eigenvalue weighted by molar-refractivity contribution is -0.119. The van der Waals surface area contributed by atoms with Gasteiger partial charge in [-0.15, -0.1) is 24.0 Å². The number of methoxy groups -OCH3 is 1. The van der Waals surface area contributed by atoms with E-state index in [-0.39, 0.29) is 42.5 Å². The molecule has 1 fully saturated rings. The summed E-state index contributed by atoms with van der Waals surface area (Å²) in [6.45, 7) is 5.81. The summed E-state index contributed by atoms with van der Waals surface area (Å²) < 4.78 is 12.5. The number of ether oxygens (including phenoxy) is 2. The molecule has 0 aliphatic carbocycles. The third-order valence-electron chi connectivity index (χ3n) is 3.80. The summed E-state index contributed by atoms with van der Waals surface area (Å²) >= 11 is 0. The quantitative estimate of drug-likeness (QED) is 0.250. The number of hydrogen-bond acceptors (Lipinski definition) is 5. The average molecular weight is 480 g/mol. The molecule has 26 heavy (non-hydrogen) atoms. The number of nitrogens with zero attached hydrogens (tertiary/aromatic N) is 4. The Bertz CT molecular complexity index is 580. The van der Waals surface area contributed by atoms with Crippen molar-refractivity contribution in [1.82, 2.24) is 25.3 Å². The predicted molar refractivity (Wildman–Crippen MR) is 110 cm³/mol. The van der Waals surface area contributed by atoms with Crippen molar-refractivity contribution in [2.45, 2.75) is 13.0 Å². The van der Waals surface area contributed by atoms with Crippen LogP contribution in [0.3, 0.4) is 0 Å². The number of carbonyl (C=O) groups excluding carboxylic acids is 1. The van der Waals surface area contributed by atoms with Crippen molar-refractivity contribution in [3.05, 3.63) is 18.0 Å². The van der Waals surface area contributed by atoms with Gasteiger partial charge in [0, 0.05) is 45.6 Å². The summed E-state index contributed by atoms with van der Waals surface area (Å²) in [4.78, 5) is 18.4. The molecular formula is C16H29IN6O3. The molecule has 0 radical (unpaired) electrons. The Kier molecular flexibility index (Phi) is 10.5. The Balaban J connectivity index is 0.00000338. The molecule has 9 nitrogen and oxygen atoms in total. The fraction of sp³-hybridized carbons (Fsp3) is 0.688. The number of morpholine rings is 1. The minimum absolute atomic E-state index is 0. The minimum Gasteiger partial charge on any atom is -0.383 e. The highest BCUT2D eigenvalue weighted by Gasteiger charge is 2.25. The first-order valence-corrected chi connectivity index (χ1v) is 8.53. The summed E-state index contributed by atoms with van der Waals surface area (Å²) in [5, 5.41) is 10.2. The lowest BCUT2D eigenvalue weighted by atomic mass is 10.1. The van der Waals surface area contributed by atoms with Gasteiger partial charge in [-0.25, -0.2) is 4.99 Å². The maximum absolute atomic E-state index is 11.8. The van der Waals surface area contributed by atoms with Crippen molar-refractivity contribution in [2.24, 2.45) is 12.0 Å². The van der Waals surface area contributed by atoms with Crippen LogP contribution in [0, 0.1) is 0 Å². The number of aromatic nitrogens is 2. The van der Waals surface area contributed by atoms with Crippen molar-refractivity contribution in [3.63, 3.8) is 0 Å². The van der Waals surface area contributed by atoms with Crippen molar-refractivity contribution in [3.8, 4) is 0 Å².